The van der Waals surface area contributed by atoms with Crippen LogP contribution in [0, 0.1) is 0 Å². The molecule has 1 heterocycles. The van der Waals surface area contributed by atoms with Gasteiger partial charge in [0.2, 0.25) is 0 Å². The number of nitrogens with zero attached hydrogens (tertiary/aromatic N) is 2. The highest BCUT2D eigenvalue weighted by molar-refractivity contribution is 6.03. The molecule has 0 radical (unpaired) electrons. The molecule has 35 heavy (non-hydrogen) atoms. The van der Waals surface area contributed by atoms with Crippen molar-refractivity contribution >= 4 is 17.5 Å². The lowest BCUT2D eigenvalue weighted by molar-refractivity contribution is -0.117. The van der Waals surface area contributed by atoms with Crippen LogP contribution in [0.1, 0.15) is 86.6 Å². The molecule has 0 atom stereocenters. The molecule has 0 aliphatic heterocycles. The minimum absolute atomic E-state index is 0.00499. The van der Waals surface area contributed by atoms with E-state index in [1.807, 2.05) is 38.1 Å². The van der Waals surface area contributed by atoms with Gasteiger partial charge in [0.1, 0.15) is 22.9 Å². The quantitative estimate of drug-likeness (QED) is 0.498. The Morgan fingerprint density at radius 1 is 0.943 bits per heavy atom. The van der Waals surface area contributed by atoms with E-state index in [0.717, 1.165) is 23.1 Å². The number of carbonyl (C=O) groups excluding carboxylic acids is 2. The molecule has 1 aliphatic carbocycles. The second kappa shape index (κ2) is 8.67. The number of hydrogen-bond donors (Lipinski definition) is 2. The van der Waals surface area contributed by atoms with E-state index in [1.165, 1.54) is 11.1 Å². The minimum atomic E-state index is -0.607. The molecule has 0 spiro atoms. The van der Waals surface area contributed by atoms with Crippen molar-refractivity contribution in [2.24, 2.45) is 5.73 Å². The van der Waals surface area contributed by atoms with Crippen LogP contribution >= 0.6 is 0 Å². The number of nitrogen functional groups attached to an aromatic ring is 1. The van der Waals surface area contributed by atoms with E-state index in [-0.39, 0.29) is 34.0 Å². The zero-order valence-electron chi connectivity index (χ0n) is 21.6. The van der Waals surface area contributed by atoms with Gasteiger partial charge in [-0.25, -0.2) is 4.68 Å². The molecule has 1 amide bonds. The van der Waals surface area contributed by atoms with Crippen LogP contribution in [0.5, 0.6) is 0 Å². The lowest BCUT2D eigenvalue weighted by Crippen LogP contribution is -2.18. The van der Waals surface area contributed by atoms with Gasteiger partial charge in [0, 0.05) is 24.4 Å². The lowest BCUT2D eigenvalue weighted by atomic mass is 9.82. The van der Waals surface area contributed by atoms with Crippen molar-refractivity contribution < 1.29 is 9.59 Å². The molecule has 1 aliphatic rings. The standard InChI is InChI=1S/C29H36N4O2/c1-17(2)33-26(30)24(27(31)35)25(32-33)20-10-7-18(8-11-20)13-21(34)14-19-9-12-22-23(15-19)29(5,6)16-28(22,3)4/h7-12,15,17H,13-14,16,30H2,1-6H3,(H2,31,35). The first-order chi connectivity index (χ1) is 16.3. The number of hydrogen-bond acceptors (Lipinski definition) is 4. The highest BCUT2D eigenvalue weighted by Gasteiger charge is 2.41. The number of aromatic nitrogens is 2. The fourth-order valence-corrected chi connectivity index (χ4v) is 5.73. The molecule has 0 bridgehead atoms. The van der Waals surface area contributed by atoms with Crippen molar-refractivity contribution in [3.05, 3.63) is 70.3 Å². The Morgan fingerprint density at radius 2 is 1.51 bits per heavy atom. The molecule has 6 heteroatoms. The topological polar surface area (TPSA) is 104 Å². The summed E-state index contributed by atoms with van der Waals surface area (Å²) in [6.45, 7) is 13.0. The SMILES string of the molecule is CC(C)n1nc(-c2ccc(CC(=O)Cc3ccc4c(c3)C(C)(C)CC4(C)C)cc2)c(C(N)=O)c1N. The number of fused-ring (bicyclic) bond motifs is 1. The van der Waals surface area contributed by atoms with Crippen LogP contribution < -0.4 is 11.5 Å². The molecular weight excluding hydrogens is 436 g/mol. The molecule has 2 aromatic carbocycles. The summed E-state index contributed by atoms with van der Waals surface area (Å²) in [5, 5.41) is 4.52. The Hall–Kier alpha value is -3.41. The van der Waals surface area contributed by atoms with Crippen molar-refractivity contribution in [3.8, 4) is 11.3 Å². The molecular formula is C29H36N4O2. The summed E-state index contributed by atoms with van der Waals surface area (Å²) in [6.07, 6.45) is 1.86. The van der Waals surface area contributed by atoms with Crippen LogP contribution in [-0.4, -0.2) is 21.5 Å². The van der Waals surface area contributed by atoms with Gasteiger partial charge in [-0.1, -0.05) is 70.2 Å². The van der Waals surface area contributed by atoms with Crippen molar-refractivity contribution in [2.45, 2.75) is 77.7 Å². The molecule has 3 aromatic rings. The third-order valence-electron chi connectivity index (χ3n) is 7.14. The van der Waals surface area contributed by atoms with Crippen LogP contribution in [0.15, 0.2) is 42.5 Å². The second-order valence-electron chi connectivity index (χ2n) is 11.4. The van der Waals surface area contributed by atoms with E-state index in [4.69, 9.17) is 11.5 Å². The maximum atomic E-state index is 12.9. The van der Waals surface area contributed by atoms with Gasteiger partial charge >= 0.3 is 0 Å². The van der Waals surface area contributed by atoms with Crippen molar-refractivity contribution in [3.63, 3.8) is 0 Å². The summed E-state index contributed by atoms with van der Waals surface area (Å²) >= 11 is 0. The number of carbonyl (C=O) groups is 2. The first kappa shape index (κ1) is 24.7. The Labute approximate surface area is 207 Å². The average molecular weight is 473 g/mol. The number of anilines is 1. The highest BCUT2D eigenvalue weighted by atomic mass is 16.1. The van der Waals surface area contributed by atoms with Crippen LogP contribution in [0.2, 0.25) is 0 Å². The average Bonchev–Trinajstić information content (AvgIpc) is 3.19. The predicted octanol–water partition coefficient (Wildman–Crippen LogP) is 5.13. The third-order valence-corrected chi connectivity index (χ3v) is 7.14. The number of nitrogens with two attached hydrogens (primary N) is 2. The van der Waals surface area contributed by atoms with E-state index in [2.05, 4.69) is 51.0 Å². The maximum Gasteiger partial charge on any atom is 0.254 e. The van der Waals surface area contributed by atoms with E-state index in [1.54, 1.807) is 4.68 Å². The van der Waals surface area contributed by atoms with Gasteiger partial charge in [0.05, 0.1) is 0 Å². The van der Waals surface area contributed by atoms with Crippen LogP contribution in [0.4, 0.5) is 5.82 Å². The summed E-state index contributed by atoms with van der Waals surface area (Å²) in [5.74, 6) is -0.175. The zero-order chi connectivity index (χ0) is 25.7. The molecule has 4 N–H and O–H groups in total. The number of primary amides is 1. The van der Waals surface area contributed by atoms with E-state index >= 15 is 0 Å². The molecule has 0 fully saturated rings. The van der Waals surface area contributed by atoms with Crippen molar-refractivity contribution in [2.75, 3.05) is 5.73 Å². The molecule has 6 nitrogen and oxygen atoms in total. The molecule has 4 rings (SSSR count). The van der Waals surface area contributed by atoms with Crippen LogP contribution in [0.25, 0.3) is 11.3 Å². The van der Waals surface area contributed by atoms with Gasteiger partial charge in [-0.3, -0.25) is 9.59 Å². The molecule has 184 valence electrons. The Morgan fingerprint density at radius 3 is 2.11 bits per heavy atom. The first-order valence-electron chi connectivity index (χ1n) is 12.2. The maximum absolute atomic E-state index is 12.9. The minimum Gasteiger partial charge on any atom is -0.383 e. The van der Waals surface area contributed by atoms with Gasteiger partial charge in [-0.05, 0) is 53.4 Å². The number of benzene rings is 2. The van der Waals surface area contributed by atoms with Gasteiger partial charge in [-0.2, -0.15) is 5.10 Å². The number of ketones is 1. The smallest absolute Gasteiger partial charge is 0.254 e. The summed E-state index contributed by atoms with van der Waals surface area (Å²) in [5.41, 5.74) is 18.2. The largest absolute Gasteiger partial charge is 0.383 e. The van der Waals surface area contributed by atoms with Gasteiger partial charge in [0.25, 0.3) is 5.91 Å². The summed E-state index contributed by atoms with van der Waals surface area (Å²) in [7, 11) is 0. The Bertz CT molecular complexity index is 1300. The van der Waals surface area contributed by atoms with Crippen LogP contribution in [0.3, 0.4) is 0 Å². The molecule has 0 saturated heterocycles. The molecule has 0 unspecified atom stereocenters. The van der Waals surface area contributed by atoms with Gasteiger partial charge in [0.15, 0.2) is 0 Å². The van der Waals surface area contributed by atoms with E-state index in [0.29, 0.717) is 18.5 Å². The summed E-state index contributed by atoms with van der Waals surface area (Å²) < 4.78 is 1.60. The summed E-state index contributed by atoms with van der Waals surface area (Å²) in [6, 6.07) is 14.1. The van der Waals surface area contributed by atoms with Gasteiger partial charge in [-0.15, -0.1) is 0 Å². The normalized spacial score (nSPS) is 15.9. The van der Waals surface area contributed by atoms with Gasteiger partial charge < -0.3 is 11.5 Å². The third kappa shape index (κ3) is 4.62. The fourth-order valence-electron chi connectivity index (χ4n) is 5.73. The van der Waals surface area contributed by atoms with E-state index < -0.39 is 5.91 Å². The van der Waals surface area contributed by atoms with Crippen LogP contribution in [-0.2, 0) is 28.5 Å². The predicted molar refractivity (Wildman–Crippen MR) is 141 cm³/mol. The highest BCUT2D eigenvalue weighted by Crippen LogP contribution is 2.49. The Balaban J connectivity index is 1.50. The monoisotopic (exact) mass is 472 g/mol. The Kier molecular flexibility index (Phi) is 6.12. The van der Waals surface area contributed by atoms with Crippen molar-refractivity contribution in [1.82, 2.24) is 9.78 Å². The fraction of sp³-hybridized carbons (Fsp3) is 0.414. The first-order valence-corrected chi connectivity index (χ1v) is 12.2. The number of rotatable bonds is 7. The number of amides is 1. The van der Waals surface area contributed by atoms with Crippen molar-refractivity contribution in [1.29, 1.82) is 0 Å². The second-order valence-corrected chi connectivity index (χ2v) is 11.4. The molecule has 1 aromatic heterocycles. The molecule has 0 saturated carbocycles. The zero-order valence-corrected chi connectivity index (χ0v) is 21.6. The van der Waals surface area contributed by atoms with E-state index in [9.17, 15) is 9.59 Å². The summed E-state index contributed by atoms with van der Waals surface area (Å²) in [4.78, 5) is 24.9. The lowest BCUT2D eigenvalue weighted by Gasteiger charge is -2.22. The number of Topliss-reactive ketones (excluding diaryl/α,β-unsaturated/α-hetero) is 1.